The van der Waals surface area contributed by atoms with Gasteiger partial charge in [0, 0.05) is 23.8 Å². The number of amides is 1. The third kappa shape index (κ3) is 2.18. The lowest BCUT2D eigenvalue weighted by Gasteiger charge is -2.43. The summed E-state index contributed by atoms with van der Waals surface area (Å²) in [5.41, 5.74) is 2.24. The predicted octanol–water partition coefficient (Wildman–Crippen LogP) is 2.05. The fraction of sp³-hybridized carbons (Fsp3) is 0.562. The van der Waals surface area contributed by atoms with E-state index in [2.05, 4.69) is 15.2 Å². The number of aromatic nitrogens is 3. The van der Waals surface area contributed by atoms with Gasteiger partial charge in [-0.2, -0.15) is 5.10 Å². The number of nitrogens with one attached hydrogen (secondary N) is 1. The molecule has 1 saturated carbocycles. The van der Waals surface area contributed by atoms with Crippen molar-refractivity contribution in [1.82, 2.24) is 20.1 Å². The number of rotatable bonds is 1. The van der Waals surface area contributed by atoms with Gasteiger partial charge in [-0.1, -0.05) is 12.8 Å². The second-order valence-corrected chi connectivity index (χ2v) is 6.20. The van der Waals surface area contributed by atoms with Gasteiger partial charge < -0.3 is 9.64 Å². The number of aryl methyl sites for hydroxylation is 1. The van der Waals surface area contributed by atoms with Crippen LogP contribution < -0.4 is 0 Å². The molecule has 2 unspecified atom stereocenters. The average molecular weight is 300 g/mol. The zero-order valence-electron chi connectivity index (χ0n) is 12.7. The number of pyridine rings is 1. The first-order valence-corrected chi connectivity index (χ1v) is 7.97. The van der Waals surface area contributed by atoms with E-state index in [4.69, 9.17) is 4.74 Å². The average Bonchev–Trinajstić information content (AvgIpc) is 2.94. The summed E-state index contributed by atoms with van der Waals surface area (Å²) in [7, 11) is 0. The highest BCUT2D eigenvalue weighted by atomic mass is 16.5. The van der Waals surface area contributed by atoms with Gasteiger partial charge >= 0.3 is 0 Å². The fourth-order valence-corrected chi connectivity index (χ4v) is 3.65. The molecule has 4 rings (SSSR count). The standard InChI is InChI=1S/C16H20N4O2/c1-10-12-8-11(9-17-15(12)19-18-10)16(21)20-6-7-22-14-5-3-2-4-13(14)20/h8-9,13-14H,2-7H2,1H3,(H,17,18,19). The molecule has 0 radical (unpaired) electrons. The van der Waals surface area contributed by atoms with Crippen LogP contribution in [-0.2, 0) is 4.74 Å². The van der Waals surface area contributed by atoms with Crippen LogP contribution in [0.15, 0.2) is 12.3 Å². The number of ether oxygens (including phenoxy) is 1. The third-order valence-corrected chi connectivity index (χ3v) is 4.84. The molecule has 22 heavy (non-hydrogen) atoms. The lowest BCUT2D eigenvalue weighted by Crippen LogP contribution is -2.54. The van der Waals surface area contributed by atoms with E-state index in [-0.39, 0.29) is 18.1 Å². The summed E-state index contributed by atoms with van der Waals surface area (Å²) >= 11 is 0. The Morgan fingerprint density at radius 3 is 3.18 bits per heavy atom. The Morgan fingerprint density at radius 2 is 2.27 bits per heavy atom. The van der Waals surface area contributed by atoms with Gasteiger partial charge in [0.1, 0.15) is 0 Å². The molecule has 1 amide bonds. The maximum atomic E-state index is 12.9. The molecule has 0 aromatic carbocycles. The van der Waals surface area contributed by atoms with E-state index in [0.29, 0.717) is 24.4 Å². The molecule has 1 aliphatic carbocycles. The van der Waals surface area contributed by atoms with Crippen LogP contribution in [0.1, 0.15) is 41.7 Å². The van der Waals surface area contributed by atoms with E-state index < -0.39 is 0 Å². The zero-order chi connectivity index (χ0) is 15.1. The summed E-state index contributed by atoms with van der Waals surface area (Å²) in [6.45, 7) is 3.24. The Bertz CT molecular complexity index is 709. The molecule has 2 atom stereocenters. The van der Waals surface area contributed by atoms with Crippen molar-refractivity contribution < 1.29 is 9.53 Å². The van der Waals surface area contributed by atoms with E-state index >= 15 is 0 Å². The highest BCUT2D eigenvalue weighted by Gasteiger charge is 2.37. The molecule has 1 N–H and O–H groups in total. The van der Waals surface area contributed by atoms with E-state index in [9.17, 15) is 4.79 Å². The molecular weight excluding hydrogens is 280 g/mol. The number of fused-ring (bicyclic) bond motifs is 2. The highest BCUT2D eigenvalue weighted by Crippen LogP contribution is 2.29. The molecule has 0 spiro atoms. The predicted molar refractivity (Wildman–Crippen MR) is 81.7 cm³/mol. The molecule has 0 bridgehead atoms. The number of carbonyl (C=O) groups excluding carboxylic acids is 1. The minimum absolute atomic E-state index is 0.0650. The lowest BCUT2D eigenvalue weighted by atomic mass is 9.90. The van der Waals surface area contributed by atoms with Gasteiger partial charge in [-0.3, -0.25) is 9.89 Å². The van der Waals surface area contributed by atoms with Crippen molar-refractivity contribution in [3.05, 3.63) is 23.5 Å². The largest absolute Gasteiger partial charge is 0.374 e. The number of carbonyl (C=O) groups is 1. The maximum Gasteiger partial charge on any atom is 0.255 e. The molecular formula is C16H20N4O2. The van der Waals surface area contributed by atoms with Crippen molar-refractivity contribution in [2.75, 3.05) is 13.2 Å². The first-order chi connectivity index (χ1) is 10.7. The topological polar surface area (TPSA) is 71.1 Å². The van der Waals surface area contributed by atoms with Crippen LogP contribution in [-0.4, -0.2) is 51.3 Å². The number of nitrogens with zero attached hydrogens (tertiary/aromatic N) is 3. The Morgan fingerprint density at radius 1 is 1.41 bits per heavy atom. The van der Waals surface area contributed by atoms with Gasteiger partial charge in [0.25, 0.3) is 5.91 Å². The van der Waals surface area contributed by atoms with E-state index in [1.54, 1.807) is 6.20 Å². The Labute approximate surface area is 128 Å². The summed E-state index contributed by atoms with van der Waals surface area (Å²) in [6, 6.07) is 2.12. The molecule has 6 nitrogen and oxygen atoms in total. The summed E-state index contributed by atoms with van der Waals surface area (Å²) in [5.74, 6) is 0.0650. The highest BCUT2D eigenvalue weighted by molar-refractivity contribution is 5.97. The van der Waals surface area contributed by atoms with E-state index in [0.717, 1.165) is 23.9 Å². The van der Waals surface area contributed by atoms with Gasteiger partial charge in [-0.05, 0) is 25.8 Å². The van der Waals surface area contributed by atoms with Gasteiger partial charge in [0.2, 0.25) is 0 Å². The monoisotopic (exact) mass is 300 g/mol. The number of hydrogen-bond acceptors (Lipinski definition) is 4. The number of H-pyrrole nitrogens is 1. The summed E-state index contributed by atoms with van der Waals surface area (Å²) in [6.07, 6.45) is 6.32. The number of aromatic amines is 1. The first kappa shape index (κ1) is 13.7. The van der Waals surface area contributed by atoms with Crippen molar-refractivity contribution in [1.29, 1.82) is 0 Å². The van der Waals surface area contributed by atoms with Crippen molar-refractivity contribution in [3.63, 3.8) is 0 Å². The molecule has 1 saturated heterocycles. The second-order valence-electron chi connectivity index (χ2n) is 6.20. The van der Waals surface area contributed by atoms with Crippen LogP contribution in [0, 0.1) is 6.92 Å². The van der Waals surface area contributed by atoms with Gasteiger partial charge in [-0.15, -0.1) is 0 Å². The Kier molecular flexibility index (Phi) is 3.33. The van der Waals surface area contributed by atoms with E-state index in [1.165, 1.54) is 12.8 Å². The van der Waals surface area contributed by atoms with Crippen LogP contribution in [0.4, 0.5) is 0 Å². The van der Waals surface area contributed by atoms with Crippen molar-refractivity contribution >= 4 is 16.9 Å². The van der Waals surface area contributed by atoms with Gasteiger partial charge in [0.15, 0.2) is 5.65 Å². The second kappa shape index (κ2) is 5.35. The summed E-state index contributed by atoms with van der Waals surface area (Å²) in [4.78, 5) is 19.2. The molecule has 2 fully saturated rings. The number of hydrogen-bond donors (Lipinski definition) is 1. The smallest absolute Gasteiger partial charge is 0.255 e. The Balaban J connectivity index is 1.65. The first-order valence-electron chi connectivity index (χ1n) is 7.97. The minimum Gasteiger partial charge on any atom is -0.374 e. The summed E-state index contributed by atoms with van der Waals surface area (Å²) < 4.78 is 5.85. The van der Waals surface area contributed by atoms with Crippen molar-refractivity contribution in [2.45, 2.75) is 44.8 Å². The molecule has 1 aliphatic heterocycles. The SMILES string of the molecule is Cc1[nH]nc2ncc(C(=O)N3CCOC4CCCCC43)cc12. The zero-order valence-corrected chi connectivity index (χ0v) is 12.7. The quantitative estimate of drug-likeness (QED) is 0.875. The molecule has 3 heterocycles. The normalized spacial score (nSPS) is 25.2. The molecule has 116 valence electrons. The molecule has 2 aromatic heterocycles. The van der Waals surface area contributed by atoms with Crippen molar-refractivity contribution in [3.8, 4) is 0 Å². The summed E-state index contributed by atoms with van der Waals surface area (Å²) in [5, 5.41) is 7.94. The maximum absolute atomic E-state index is 12.9. The van der Waals surface area contributed by atoms with Crippen LogP contribution in [0.3, 0.4) is 0 Å². The van der Waals surface area contributed by atoms with Crippen LogP contribution in [0.2, 0.25) is 0 Å². The third-order valence-electron chi connectivity index (χ3n) is 4.84. The fourth-order valence-electron chi connectivity index (χ4n) is 3.65. The molecule has 2 aliphatic rings. The molecule has 2 aromatic rings. The van der Waals surface area contributed by atoms with Crippen molar-refractivity contribution in [2.24, 2.45) is 0 Å². The van der Waals surface area contributed by atoms with Crippen LogP contribution in [0.5, 0.6) is 0 Å². The molecule has 6 heteroatoms. The van der Waals surface area contributed by atoms with E-state index in [1.807, 2.05) is 17.9 Å². The van der Waals surface area contributed by atoms with Crippen LogP contribution in [0.25, 0.3) is 11.0 Å². The number of morpholine rings is 1. The lowest BCUT2D eigenvalue weighted by molar-refractivity contribution is -0.0752. The minimum atomic E-state index is 0.0650. The Hall–Kier alpha value is -1.95. The van der Waals surface area contributed by atoms with Crippen LogP contribution >= 0.6 is 0 Å². The van der Waals surface area contributed by atoms with Gasteiger partial charge in [-0.25, -0.2) is 4.98 Å². The van der Waals surface area contributed by atoms with Gasteiger partial charge in [0.05, 0.1) is 24.3 Å².